The summed E-state index contributed by atoms with van der Waals surface area (Å²) in [4.78, 5) is 10.5. The minimum atomic E-state index is 0.192. The predicted molar refractivity (Wildman–Crippen MR) is 79.6 cm³/mol. The van der Waals surface area contributed by atoms with Crippen molar-refractivity contribution < 1.29 is 0 Å². The second-order valence-corrected chi connectivity index (χ2v) is 5.86. The van der Waals surface area contributed by atoms with Gasteiger partial charge in [0.05, 0.1) is 11.4 Å². The summed E-state index contributed by atoms with van der Waals surface area (Å²) >= 11 is 5.89. The number of anilines is 2. The van der Waals surface area contributed by atoms with Gasteiger partial charge in [0.15, 0.2) is 5.82 Å². The summed E-state index contributed by atoms with van der Waals surface area (Å²) in [6.45, 7) is 2.67. The van der Waals surface area contributed by atoms with Gasteiger partial charge in [-0.2, -0.15) is 4.98 Å². The molecular formula is C13H22ClN5. The average molecular weight is 284 g/mol. The summed E-state index contributed by atoms with van der Waals surface area (Å²) < 4.78 is 0. The van der Waals surface area contributed by atoms with Crippen LogP contribution in [0.3, 0.4) is 0 Å². The number of nitrogens with two attached hydrogens (primary N) is 1. The zero-order chi connectivity index (χ0) is 14.0. The third-order valence-corrected chi connectivity index (χ3v) is 4.35. The molecule has 1 saturated carbocycles. The molecule has 1 heterocycles. The lowest BCUT2D eigenvalue weighted by atomic mass is 9.96. The van der Waals surface area contributed by atoms with E-state index in [4.69, 9.17) is 17.3 Å². The third-order valence-electron chi connectivity index (χ3n) is 4.18. The van der Waals surface area contributed by atoms with E-state index in [0.717, 1.165) is 6.54 Å². The molecule has 1 aromatic rings. The molecule has 0 atom stereocenters. The smallest absolute Gasteiger partial charge is 0.224 e. The molecule has 1 aliphatic carbocycles. The number of halogens is 1. The minimum Gasteiger partial charge on any atom is -0.394 e. The summed E-state index contributed by atoms with van der Waals surface area (Å²) in [7, 11) is 4.27. The zero-order valence-electron chi connectivity index (χ0n) is 11.8. The number of nitrogen functional groups attached to an aromatic ring is 1. The number of rotatable bonds is 4. The molecule has 1 aromatic heterocycles. The van der Waals surface area contributed by atoms with Gasteiger partial charge in [-0.25, -0.2) is 4.98 Å². The Morgan fingerprint density at radius 3 is 2.53 bits per heavy atom. The number of aromatic nitrogens is 2. The number of nitrogens with one attached hydrogen (secondary N) is 1. The average Bonchev–Trinajstić information content (AvgIpc) is 2.82. The van der Waals surface area contributed by atoms with E-state index in [-0.39, 0.29) is 10.8 Å². The molecule has 5 nitrogen and oxygen atoms in total. The Morgan fingerprint density at radius 2 is 1.95 bits per heavy atom. The Hall–Kier alpha value is -1.07. The van der Waals surface area contributed by atoms with E-state index < -0.39 is 0 Å². The first-order valence-corrected chi connectivity index (χ1v) is 7.03. The van der Waals surface area contributed by atoms with Gasteiger partial charge in [0.2, 0.25) is 5.28 Å². The molecule has 1 fully saturated rings. The van der Waals surface area contributed by atoms with E-state index in [1.54, 1.807) is 0 Å². The molecule has 0 spiro atoms. The number of nitrogens with zero attached hydrogens (tertiary/aromatic N) is 3. The fourth-order valence-electron chi connectivity index (χ4n) is 2.75. The number of hydrogen-bond acceptors (Lipinski definition) is 5. The molecule has 19 heavy (non-hydrogen) atoms. The maximum absolute atomic E-state index is 6.00. The molecule has 0 aliphatic heterocycles. The van der Waals surface area contributed by atoms with Gasteiger partial charge in [-0.05, 0) is 45.5 Å². The van der Waals surface area contributed by atoms with Gasteiger partial charge in [-0.1, -0.05) is 12.8 Å². The van der Waals surface area contributed by atoms with Crippen molar-refractivity contribution in [2.75, 3.05) is 31.7 Å². The largest absolute Gasteiger partial charge is 0.394 e. The number of hydrogen-bond donors (Lipinski definition) is 2. The molecule has 0 aromatic carbocycles. The van der Waals surface area contributed by atoms with Crippen molar-refractivity contribution in [3.05, 3.63) is 11.0 Å². The maximum Gasteiger partial charge on any atom is 0.224 e. The molecule has 6 heteroatoms. The summed E-state index contributed by atoms with van der Waals surface area (Å²) in [5.41, 5.74) is 7.48. The highest BCUT2D eigenvalue weighted by molar-refractivity contribution is 6.28. The van der Waals surface area contributed by atoms with E-state index in [2.05, 4.69) is 34.3 Å². The van der Waals surface area contributed by atoms with E-state index >= 15 is 0 Å². The van der Waals surface area contributed by atoms with Gasteiger partial charge in [0, 0.05) is 12.1 Å². The van der Waals surface area contributed by atoms with Crippen LogP contribution in [0.15, 0.2) is 0 Å². The molecule has 1 aliphatic rings. The van der Waals surface area contributed by atoms with Crippen LogP contribution in [0.4, 0.5) is 11.5 Å². The highest BCUT2D eigenvalue weighted by Gasteiger charge is 2.35. The molecule has 3 N–H and O–H groups in total. The maximum atomic E-state index is 6.00. The summed E-state index contributed by atoms with van der Waals surface area (Å²) in [6.07, 6.45) is 4.95. The highest BCUT2D eigenvalue weighted by Crippen LogP contribution is 2.34. The topological polar surface area (TPSA) is 67.1 Å². The molecular weight excluding hydrogens is 262 g/mol. The summed E-state index contributed by atoms with van der Waals surface area (Å²) in [5.74, 6) is 0.644. The fourth-order valence-corrected chi connectivity index (χ4v) is 2.96. The molecule has 0 saturated heterocycles. The fraction of sp³-hybridized carbons (Fsp3) is 0.692. The Kier molecular flexibility index (Phi) is 4.16. The van der Waals surface area contributed by atoms with Crippen molar-refractivity contribution in [3.8, 4) is 0 Å². The minimum absolute atomic E-state index is 0.192. The van der Waals surface area contributed by atoms with Gasteiger partial charge in [0.25, 0.3) is 0 Å². The molecule has 0 unspecified atom stereocenters. The van der Waals surface area contributed by atoms with Gasteiger partial charge in [-0.3, -0.25) is 0 Å². The first-order valence-electron chi connectivity index (χ1n) is 6.65. The van der Waals surface area contributed by atoms with Crippen LogP contribution in [0.5, 0.6) is 0 Å². The van der Waals surface area contributed by atoms with Crippen molar-refractivity contribution >= 4 is 23.1 Å². The van der Waals surface area contributed by atoms with E-state index in [9.17, 15) is 0 Å². The number of likely N-dealkylation sites (N-methyl/N-ethyl adjacent to an activating group) is 1. The van der Waals surface area contributed by atoms with Crippen molar-refractivity contribution in [2.45, 2.75) is 38.1 Å². The second kappa shape index (κ2) is 5.51. The normalized spacial score (nSPS) is 17.9. The van der Waals surface area contributed by atoms with Crippen LogP contribution in [0, 0.1) is 6.92 Å². The second-order valence-electron chi connectivity index (χ2n) is 5.52. The van der Waals surface area contributed by atoms with Gasteiger partial charge in [-0.15, -0.1) is 0 Å². The summed E-state index contributed by atoms with van der Waals surface area (Å²) in [6, 6.07) is 0. The molecule has 0 amide bonds. The van der Waals surface area contributed by atoms with Gasteiger partial charge in [0.1, 0.15) is 0 Å². The Balaban J connectivity index is 2.14. The van der Waals surface area contributed by atoms with Crippen molar-refractivity contribution in [1.29, 1.82) is 0 Å². The molecule has 2 rings (SSSR count). The zero-order valence-corrected chi connectivity index (χ0v) is 12.6. The van der Waals surface area contributed by atoms with Crippen LogP contribution < -0.4 is 11.1 Å². The quantitative estimate of drug-likeness (QED) is 0.830. The van der Waals surface area contributed by atoms with Gasteiger partial charge >= 0.3 is 0 Å². The highest BCUT2D eigenvalue weighted by atomic mass is 35.5. The number of aryl methyl sites for hydroxylation is 1. The molecule has 106 valence electrons. The first kappa shape index (κ1) is 14.3. The monoisotopic (exact) mass is 283 g/mol. The van der Waals surface area contributed by atoms with Crippen LogP contribution in [0.2, 0.25) is 5.28 Å². The van der Waals surface area contributed by atoms with Crippen molar-refractivity contribution in [2.24, 2.45) is 0 Å². The van der Waals surface area contributed by atoms with Crippen LogP contribution in [-0.2, 0) is 0 Å². The van der Waals surface area contributed by atoms with E-state index in [1.165, 1.54) is 25.7 Å². The van der Waals surface area contributed by atoms with Gasteiger partial charge < -0.3 is 16.0 Å². The predicted octanol–water partition coefficient (Wildman–Crippen LogP) is 2.31. The standard InChI is InChI=1S/C13H22ClN5/c1-9-10(15)11(18-12(14)17-9)16-8-13(19(2)3)6-4-5-7-13/h4-8,15H2,1-3H3,(H,16,17,18). The lowest BCUT2D eigenvalue weighted by molar-refractivity contribution is 0.172. The Labute approximate surface area is 119 Å². The lowest BCUT2D eigenvalue weighted by Gasteiger charge is -2.36. The SMILES string of the molecule is Cc1nc(Cl)nc(NCC2(N(C)C)CCCC2)c1N. The Morgan fingerprint density at radius 1 is 1.32 bits per heavy atom. The van der Waals surface area contributed by atoms with Crippen LogP contribution in [0.1, 0.15) is 31.4 Å². The van der Waals surface area contributed by atoms with Crippen molar-refractivity contribution in [1.82, 2.24) is 14.9 Å². The molecule has 0 bridgehead atoms. The molecule has 0 radical (unpaired) electrons. The van der Waals surface area contributed by atoms with E-state index in [0.29, 0.717) is 17.2 Å². The summed E-state index contributed by atoms with van der Waals surface area (Å²) in [5, 5.41) is 3.59. The van der Waals surface area contributed by atoms with Crippen molar-refractivity contribution in [3.63, 3.8) is 0 Å². The van der Waals surface area contributed by atoms with E-state index in [1.807, 2.05) is 6.92 Å². The third kappa shape index (κ3) is 2.92. The Bertz CT molecular complexity index is 455. The van der Waals surface area contributed by atoms with Crippen LogP contribution in [0.25, 0.3) is 0 Å². The van der Waals surface area contributed by atoms with Crippen LogP contribution in [-0.4, -0.2) is 41.0 Å². The first-order chi connectivity index (χ1) is 8.94. The van der Waals surface area contributed by atoms with Crippen LogP contribution >= 0.6 is 11.6 Å². The lowest BCUT2D eigenvalue weighted by Crippen LogP contribution is -2.47.